The summed E-state index contributed by atoms with van der Waals surface area (Å²) < 4.78 is 4.95. The Kier molecular flexibility index (Phi) is 5.89. The lowest BCUT2D eigenvalue weighted by Crippen LogP contribution is -2.21. The molecule has 0 saturated carbocycles. The Hall–Kier alpha value is -3.13. The first-order valence-corrected chi connectivity index (χ1v) is 7.12. The van der Waals surface area contributed by atoms with Crippen molar-refractivity contribution < 1.29 is 14.3 Å². The van der Waals surface area contributed by atoms with Gasteiger partial charge in [0.2, 0.25) is 0 Å². The zero-order valence-electron chi connectivity index (χ0n) is 12.5. The Bertz CT molecular complexity index is 703. The van der Waals surface area contributed by atoms with Crippen LogP contribution in [0.5, 0.6) is 0 Å². The summed E-state index contributed by atoms with van der Waals surface area (Å²) in [6.45, 7) is -0.328. The van der Waals surface area contributed by atoms with Crippen LogP contribution in [0.3, 0.4) is 0 Å². The summed E-state index contributed by atoms with van der Waals surface area (Å²) in [5.41, 5.74) is 2.31. The van der Waals surface area contributed by atoms with E-state index in [0.29, 0.717) is 12.1 Å². The second-order valence-electron chi connectivity index (χ2n) is 4.90. The summed E-state index contributed by atoms with van der Waals surface area (Å²) in [6, 6.07) is 18.2. The summed E-state index contributed by atoms with van der Waals surface area (Å²) in [7, 11) is 0. The Morgan fingerprint density at radius 2 is 1.70 bits per heavy atom. The molecule has 5 nitrogen and oxygen atoms in total. The van der Waals surface area contributed by atoms with Gasteiger partial charge in [-0.1, -0.05) is 42.5 Å². The van der Waals surface area contributed by atoms with Crippen LogP contribution in [0, 0.1) is 11.3 Å². The highest BCUT2D eigenvalue weighted by molar-refractivity contribution is 5.92. The van der Waals surface area contributed by atoms with Crippen molar-refractivity contribution in [3.8, 4) is 6.07 Å². The van der Waals surface area contributed by atoms with Gasteiger partial charge in [0.1, 0.15) is 0 Å². The minimum atomic E-state index is -0.448. The molecule has 0 bridgehead atoms. The number of nitriles is 1. The van der Waals surface area contributed by atoms with Crippen molar-refractivity contribution in [2.24, 2.45) is 0 Å². The van der Waals surface area contributed by atoms with Crippen molar-refractivity contribution in [2.75, 3.05) is 11.9 Å². The molecular formula is C18H16N2O3. The van der Waals surface area contributed by atoms with E-state index in [1.54, 1.807) is 24.3 Å². The van der Waals surface area contributed by atoms with Gasteiger partial charge in [-0.05, 0) is 23.3 Å². The quantitative estimate of drug-likeness (QED) is 0.831. The molecule has 0 saturated heterocycles. The average molecular weight is 308 g/mol. The minimum Gasteiger partial charge on any atom is -0.455 e. The fourth-order valence-electron chi connectivity index (χ4n) is 1.95. The molecule has 1 N–H and O–H groups in total. The molecule has 0 heterocycles. The first-order chi connectivity index (χ1) is 11.2. The smallest absolute Gasteiger partial charge is 0.310 e. The molecule has 0 aliphatic rings. The van der Waals surface area contributed by atoms with Gasteiger partial charge in [0.05, 0.1) is 18.9 Å². The van der Waals surface area contributed by atoms with E-state index in [-0.39, 0.29) is 13.0 Å². The molecule has 2 aromatic rings. The molecule has 0 unspecified atom stereocenters. The van der Waals surface area contributed by atoms with Gasteiger partial charge in [0.25, 0.3) is 5.91 Å². The van der Waals surface area contributed by atoms with E-state index in [4.69, 9.17) is 10.00 Å². The van der Waals surface area contributed by atoms with Crippen LogP contribution in [0.4, 0.5) is 5.69 Å². The van der Waals surface area contributed by atoms with Crippen molar-refractivity contribution >= 4 is 17.6 Å². The maximum Gasteiger partial charge on any atom is 0.310 e. The molecule has 0 aromatic heterocycles. The number of hydrogen-bond acceptors (Lipinski definition) is 4. The van der Waals surface area contributed by atoms with Crippen molar-refractivity contribution in [2.45, 2.75) is 12.8 Å². The Morgan fingerprint density at radius 1 is 1.00 bits per heavy atom. The van der Waals surface area contributed by atoms with Crippen molar-refractivity contribution in [1.29, 1.82) is 5.26 Å². The number of esters is 1. The van der Waals surface area contributed by atoms with Crippen LogP contribution < -0.4 is 5.32 Å². The maximum atomic E-state index is 11.7. The van der Waals surface area contributed by atoms with Crippen molar-refractivity contribution in [3.05, 3.63) is 65.7 Å². The molecule has 0 spiro atoms. The lowest BCUT2D eigenvalue weighted by molar-refractivity contribution is -0.146. The van der Waals surface area contributed by atoms with E-state index in [0.717, 1.165) is 11.1 Å². The molecule has 2 rings (SSSR count). The van der Waals surface area contributed by atoms with E-state index in [1.807, 2.05) is 30.3 Å². The van der Waals surface area contributed by atoms with Crippen LogP contribution in [0.15, 0.2) is 54.6 Å². The number of carbonyl (C=O) groups excluding carboxylic acids is 2. The fourth-order valence-corrected chi connectivity index (χ4v) is 1.95. The zero-order valence-corrected chi connectivity index (χ0v) is 12.5. The summed E-state index contributed by atoms with van der Waals surface area (Å²) in [5, 5.41) is 11.2. The summed E-state index contributed by atoms with van der Waals surface area (Å²) >= 11 is 0. The number of nitrogens with zero attached hydrogens (tertiary/aromatic N) is 1. The third-order valence-electron chi connectivity index (χ3n) is 3.08. The third kappa shape index (κ3) is 5.64. The van der Waals surface area contributed by atoms with E-state index in [1.165, 1.54) is 0 Å². The van der Waals surface area contributed by atoms with Gasteiger partial charge in [-0.2, -0.15) is 5.26 Å². The van der Waals surface area contributed by atoms with Gasteiger partial charge in [-0.25, -0.2) is 0 Å². The number of benzene rings is 2. The molecule has 0 aliphatic heterocycles. The molecular weight excluding hydrogens is 292 g/mol. The van der Waals surface area contributed by atoms with E-state index in [9.17, 15) is 9.59 Å². The van der Waals surface area contributed by atoms with Gasteiger partial charge in [0.15, 0.2) is 6.61 Å². The fraction of sp³-hybridized carbons (Fsp3) is 0.167. The lowest BCUT2D eigenvalue weighted by atomic mass is 10.1. The molecule has 2 aromatic carbocycles. The summed E-state index contributed by atoms with van der Waals surface area (Å²) in [6.07, 6.45) is 0.461. The number of nitrogens with one attached hydrogen (secondary N) is 1. The number of hydrogen-bond donors (Lipinski definition) is 1. The number of anilines is 1. The molecule has 23 heavy (non-hydrogen) atoms. The minimum absolute atomic E-state index is 0.136. The first-order valence-electron chi connectivity index (χ1n) is 7.12. The zero-order chi connectivity index (χ0) is 16.5. The average Bonchev–Trinajstić information content (AvgIpc) is 2.56. The highest BCUT2D eigenvalue weighted by atomic mass is 16.5. The van der Waals surface area contributed by atoms with Crippen molar-refractivity contribution in [1.82, 2.24) is 0 Å². The summed E-state index contributed by atoms with van der Waals surface area (Å²) in [5.74, 6) is -0.852. The van der Waals surface area contributed by atoms with Crippen LogP contribution in [-0.4, -0.2) is 18.5 Å². The van der Waals surface area contributed by atoms with Gasteiger partial charge < -0.3 is 10.1 Å². The topological polar surface area (TPSA) is 79.2 Å². The predicted octanol–water partition coefficient (Wildman–Crippen LogP) is 2.48. The van der Waals surface area contributed by atoms with Crippen LogP contribution in [0.2, 0.25) is 0 Å². The largest absolute Gasteiger partial charge is 0.455 e. The van der Waals surface area contributed by atoms with E-state index in [2.05, 4.69) is 11.4 Å². The summed E-state index contributed by atoms with van der Waals surface area (Å²) in [4.78, 5) is 23.4. The van der Waals surface area contributed by atoms with Crippen LogP contribution in [-0.2, 0) is 27.2 Å². The second-order valence-corrected chi connectivity index (χ2v) is 4.90. The van der Waals surface area contributed by atoms with Crippen LogP contribution >= 0.6 is 0 Å². The third-order valence-corrected chi connectivity index (χ3v) is 3.08. The highest BCUT2D eigenvalue weighted by Gasteiger charge is 2.08. The number of amides is 1. The molecule has 1 amide bonds. The van der Waals surface area contributed by atoms with Crippen LogP contribution in [0.1, 0.15) is 11.1 Å². The van der Waals surface area contributed by atoms with Gasteiger partial charge >= 0.3 is 5.97 Å². The molecule has 0 radical (unpaired) electrons. The molecule has 0 aliphatic carbocycles. The first kappa shape index (κ1) is 16.2. The normalized spacial score (nSPS) is 9.70. The highest BCUT2D eigenvalue weighted by Crippen LogP contribution is 2.10. The van der Waals surface area contributed by atoms with Gasteiger partial charge in [-0.15, -0.1) is 0 Å². The van der Waals surface area contributed by atoms with Gasteiger partial charge in [0, 0.05) is 5.69 Å². The molecule has 5 heteroatoms. The Balaban J connectivity index is 1.76. The van der Waals surface area contributed by atoms with E-state index < -0.39 is 11.9 Å². The van der Waals surface area contributed by atoms with Gasteiger partial charge in [-0.3, -0.25) is 9.59 Å². The van der Waals surface area contributed by atoms with Crippen molar-refractivity contribution in [3.63, 3.8) is 0 Å². The SMILES string of the molecule is N#CCc1ccc(NC(=O)COC(=O)Cc2ccccc2)cc1. The molecule has 116 valence electrons. The molecule has 0 fully saturated rings. The van der Waals surface area contributed by atoms with E-state index >= 15 is 0 Å². The molecule has 0 atom stereocenters. The monoisotopic (exact) mass is 308 g/mol. The lowest BCUT2D eigenvalue weighted by Gasteiger charge is -2.07. The maximum absolute atomic E-state index is 11.7. The number of ether oxygens (including phenoxy) is 1. The predicted molar refractivity (Wildman–Crippen MR) is 85.5 cm³/mol. The van der Waals surface area contributed by atoms with Crippen LogP contribution in [0.25, 0.3) is 0 Å². The second kappa shape index (κ2) is 8.35. The number of carbonyl (C=O) groups is 2. The Morgan fingerprint density at radius 3 is 2.35 bits per heavy atom. The standard InChI is InChI=1S/C18H16N2O3/c19-11-10-14-6-8-16(9-7-14)20-17(21)13-23-18(22)12-15-4-2-1-3-5-15/h1-9H,10,12-13H2,(H,20,21). The number of rotatable bonds is 6. The Labute approximate surface area is 134 Å².